The summed E-state index contributed by atoms with van der Waals surface area (Å²) in [6, 6.07) is 3.73. The van der Waals surface area contributed by atoms with Crippen molar-refractivity contribution in [2.24, 2.45) is 0 Å². The number of halogens is 2. The third-order valence-electron chi connectivity index (χ3n) is 1.82. The van der Waals surface area contributed by atoms with Crippen LogP contribution in [0.4, 0.5) is 4.39 Å². The average Bonchev–Trinajstić information content (AvgIpc) is 2.21. The molecular formula is C10H11BrFNO2. The first-order valence-corrected chi connectivity index (χ1v) is 5.20. The van der Waals surface area contributed by atoms with Gasteiger partial charge in [0.2, 0.25) is 0 Å². The highest BCUT2D eigenvalue weighted by Crippen LogP contribution is 2.15. The van der Waals surface area contributed by atoms with Gasteiger partial charge in [0.15, 0.2) is 0 Å². The van der Waals surface area contributed by atoms with Crippen molar-refractivity contribution in [2.45, 2.75) is 13.0 Å². The fraction of sp³-hybridized carbons (Fsp3) is 0.300. The molecule has 1 atom stereocenters. The lowest BCUT2D eigenvalue weighted by molar-refractivity contribution is 0.0918. The predicted octanol–water partition coefficient (Wildman–Crippen LogP) is 1.70. The number of carbonyl (C=O) groups excluding carboxylic acids is 1. The molecule has 0 aliphatic rings. The Morgan fingerprint density at radius 3 is 2.93 bits per heavy atom. The van der Waals surface area contributed by atoms with Crippen LogP contribution in [-0.4, -0.2) is 23.7 Å². The molecule has 0 fully saturated rings. The van der Waals surface area contributed by atoms with Crippen molar-refractivity contribution in [1.82, 2.24) is 5.32 Å². The first-order valence-electron chi connectivity index (χ1n) is 4.41. The number of rotatable bonds is 3. The highest BCUT2D eigenvalue weighted by Gasteiger charge is 2.13. The summed E-state index contributed by atoms with van der Waals surface area (Å²) in [4.78, 5) is 11.5. The lowest BCUT2D eigenvalue weighted by Crippen LogP contribution is -2.35. The van der Waals surface area contributed by atoms with Crippen LogP contribution in [0, 0.1) is 5.82 Å². The number of aliphatic hydroxyl groups is 1. The molecule has 1 unspecified atom stereocenters. The average molecular weight is 276 g/mol. The number of amides is 1. The van der Waals surface area contributed by atoms with Crippen molar-refractivity contribution < 1.29 is 14.3 Å². The molecule has 1 amide bonds. The molecule has 3 nitrogen and oxygen atoms in total. The third kappa shape index (κ3) is 3.28. The lowest BCUT2D eigenvalue weighted by atomic mass is 10.2. The van der Waals surface area contributed by atoms with Crippen molar-refractivity contribution in [1.29, 1.82) is 0 Å². The summed E-state index contributed by atoms with van der Waals surface area (Å²) in [6.45, 7) is 1.45. The largest absolute Gasteiger partial charge is 0.394 e. The summed E-state index contributed by atoms with van der Waals surface area (Å²) in [5, 5.41) is 11.2. The van der Waals surface area contributed by atoms with Crippen LogP contribution in [-0.2, 0) is 0 Å². The van der Waals surface area contributed by atoms with E-state index in [2.05, 4.69) is 21.2 Å². The molecule has 0 radical (unpaired) electrons. The number of carbonyl (C=O) groups is 1. The number of nitrogens with one attached hydrogen (secondary N) is 1. The van der Waals surface area contributed by atoms with E-state index in [4.69, 9.17) is 5.11 Å². The second-order valence-corrected chi connectivity index (χ2v) is 4.10. The standard InChI is InChI=1S/C10H11BrFNO2/c1-6(5-14)13-10(15)8-4-7(11)2-3-9(8)12/h2-4,6,14H,5H2,1H3,(H,13,15). The summed E-state index contributed by atoms with van der Waals surface area (Å²) in [7, 11) is 0. The fourth-order valence-electron chi connectivity index (χ4n) is 1.02. The molecule has 1 aromatic carbocycles. The molecular weight excluding hydrogens is 265 g/mol. The number of hydrogen-bond donors (Lipinski definition) is 2. The van der Waals surface area contributed by atoms with Crippen LogP contribution < -0.4 is 5.32 Å². The zero-order valence-corrected chi connectivity index (χ0v) is 9.71. The van der Waals surface area contributed by atoms with Gasteiger partial charge in [0.1, 0.15) is 5.82 Å². The Morgan fingerprint density at radius 2 is 2.33 bits per heavy atom. The van der Waals surface area contributed by atoms with Gasteiger partial charge in [-0.05, 0) is 25.1 Å². The smallest absolute Gasteiger partial charge is 0.254 e. The van der Waals surface area contributed by atoms with Crippen LogP contribution in [0.1, 0.15) is 17.3 Å². The molecule has 2 N–H and O–H groups in total. The lowest BCUT2D eigenvalue weighted by Gasteiger charge is -2.11. The van der Waals surface area contributed by atoms with Gasteiger partial charge in [-0.3, -0.25) is 4.79 Å². The Bertz CT molecular complexity index is 370. The second-order valence-electron chi connectivity index (χ2n) is 3.18. The van der Waals surface area contributed by atoms with E-state index in [1.54, 1.807) is 6.92 Å². The molecule has 0 saturated heterocycles. The summed E-state index contributed by atoms with van der Waals surface area (Å²) >= 11 is 3.15. The zero-order valence-electron chi connectivity index (χ0n) is 8.13. The summed E-state index contributed by atoms with van der Waals surface area (Å²) in [5.74, 6) is -1.11. The summed E-state index contributed by atoms with van der Waals surface area (Å²) in [5.41, 5.74) is -0.0373. The molecule has 0 heterocycles. The van der Waals surface area contributed by atoms with Crippen LogP contribution >= 0.6 is 15.9 Å². The van der Waals surface area contributed by atoms with Gasteiger partial charge in [-0.15, -0.1) is 0 Å². The minimum Gasteiger partial charge on any atom is -0.394 e. The van der Waals surface area contributed by atoms with Crippen molar-refractivity contribution >= 4 is 21.8 Å². The second kappa shape index (κ2) is 5.23. The predicted molar refractivity (Wildman–Crippen MR) is 58.1 cm³/mol. The minimum absolute atomic E-state index is 0.0373. The number of hydrogen-bond acceptors (Lipinski definition) is 2. The topological polar surface area (TPSA) is 49.3 Å². The summed E-state index contributed by atoms with van der Waals surface area (Å²) in [6.07, 6.45) is 0. The normalized spacial score (nSPS) is 12.3. The van der Waals surface area contributed by atoms with Gasteiger partial charge < -0.3 is 10.4 Å². The number of aliphatic hydroxyl groups excluding tert-OH is 1. The monoisotopic (exact) mass is 275 g/mol. The van der Waals surface area contributed by atoms with E-state index < -0.39 is 17.8 Å². The maximum absolute atomic E-state index is 13.2. The Kier molecular flexibility index (Phi) is 4.23. The van der Waals surface area contributed by atoms with Crippen molar-refractivity contribution in [3.63, 3.8) is 0 Å². The van der Waals surface area contributed by atoms with Gasteiger partial charge in [-0.25, -0.2) is 4.39 Å². The van der Waals surface area contributed by atoms with E-state index in [1.807, 2.05) is 0 Å². The molecule has 0 saturated carbocycles. The molecule has 0 bridgehead atoms. The van der Waals surface area contributed by atoms with E-state index in [1.165, 1.54) is 18.2 Å². The molecule has 1 aromatic rings. The molecule has 1 rings (SSSR count). The zero-order chi connectivity index (χ0) is 11.4. The van der Waals surface area contributed by atoms with Crippen LogP contribution in [0.5, 0.6) is 0 Å². The first-order chi connectivity index (χ1) is 7.04. The molecule has 15 heavy (non-hydrogen) atoms. The van der Waals surface area contributed by atoms with Crippen molar-refractivity contribution in [3.8, 4) is 0 Å². The van der Waals surface area contributed by atoms with Crippen LogP contribution in [0.25, 0.3) is 0 Å². The number of benzene rings is 1. The van der Waals surface area contributed by atoms with E-state index >= 15 is 0 Å². The molecule has 0 aromatic heterocycles. The van der Waals surface area contributed by atoms with Crippen molar-refractivity contribution in [3.05, 3.63) is 34.1 Å². The molecule has 5 heteroatoms. The molecule has 0 aliphatic carbocycles. The molecule has 0 aliphatic heterocycles. The molecule has 82 valence electrons. The minimum atomic E-state index is -0.583. The quantitative estimate of drug-likeness (QED) is 0.882. The van der Waals surface area contributed by atoms with Gasteiger partial charge in [0.25, 0.3) is 5.91 Å². The maximum atomic E-state index is 13.2. The van der Waals surface area contributed by atoms with Crippen LogP contribution in [0.15, 0.2) is 22.7 Å². The van der Waals surface area contributed by atoms with E-state index in [0.717, 1.165) is 0 Å². The highest BCUT2D eigenvalue weighted by atomic mass is 79.9. The Labute approximate surface area is 95.4 Å². The van der Waals surface area contributed by atoms with Gasteiger partial charge >= 0.3 is 0 Å². The molecule has 0 spiro atoms. The maximum Gasteiger partial charge on any atom is 0.254 e. The highest BCUT2D eigenvalue weighted by molar-refractivity contribution is 9.10. The van der Waals surface area contributed by atoms with Gasteiger partial charge in [0.05, 0.1) is 12.2 Å². The first kappa shape index (κ1) is 12.1. The SMILES string of the molecule is CC(CO)NC(=O)c1cc(Br)ccc1F. The van der Waals surface area contributed by atoms with E-state index in [0.29, 0.717) is 4.47 Å². The van der Waals surface area contributed by atoms with Crippen molar-refractivity contribution in [2.75, 3.05) is 6.61 Å². The third-order valence-corrected chi connectivity index (χ3v) is 2.32. The Hall–Kier alpha value is -0.940. The van der Waals surface area contributed by atoms with E-state index in [9.17, 15) is 9.18 Å². The van der Waals surface area contributed by atoms with Crippen LogP contribution in [0.3, 0.4) is 0 Å². The van der Waals surface area contributed by atoms with Gasteiger partial charge in [-0.2, -0.15) is 0 Å². The van der Waals surface area contributed by atoms with E-state index in [-0.39, 0.29) is 12.2 Å². The fourth-order valence-corrected chi connectivity index (χ4v) is 1.38. The Morgan fingerprint density at radius 1 is 1.67 bits per heavy atom. The van der Waals surface area contributed by atoms with Gasteiger partial charge in [-0.1, -0.05) is 15.9 Å². The van der Waals surface area contributed by atoms with Gasteiger partial charge in [0, 0.05) is 10.5 Å². The van der Waals surface area contributed by atoms with Crippen LogP contribution in [0.2, 0.25) is 0 Å². The summed E-state index contributed by atoms with van der Waals surface area (Å²) < 4.78 is 13.9. The Balaban J connectivity index is 2.86.